The molecular weight excluding hydrogens is 452 g/mol. The Kier molecular flexibility index (Phi) is 5.30. The Hall–Kier alpha value is -4.38. The highest BCUT2D eigenvalue weighted by atomic mass is 16.6. The number of carbonyl (C=O) groups excluding carboxylic acids is 2. The number of hydrogen-bond donors (Lipinski definition) is 3. The van der Waals surface area contributed by atoms with Crippen LogP contribution in [0.1, 0.15) is 20.7 Å². The highest BCUT2D eigenvalue weighted by Crippen LogP contribution is 2.34. The summed E-state index contributed by atoms with van der Waals surface area (Å²) in [6, 6.07) is 10.5. The largest absolute Gasteiger partial charge is 0.486 e. The average molecular weight is 474 g/mol. The van der Waals surface area contributed by atoms with Crippen LogP contribution in [0, 0.1) is 0 Å². The molecule has 0 radical (unpaired) electrons. The molecule has 2 aromatic carbocycles. The minimum Gasteiger partial charge on any atom is -0.486 e. The normalized spacial score (nSPS) is 15.3. The van der Waals surface area contributed by atoms with Gasteiger partial charge in [-0.25, -0.2) is 4.98 Å². The summed E-state index contributed by atoms with van der Waals surface area (Å²) in [6.45, 7) is 3.05. The third-order valence-electron chi connectivity index (χ3n) is 5.96. The van der Waals surface area contributed by atoms with Gasteiger partial charge in [0, 0.05) is 18.7 Å². The van der Waals surface area contributed by atoms with Crippen LogP contribution in [0.2, 0.25) is 0 Å². The molecule has 11 nitrogen and oxygen atoms in total. The molecule has 0 aliphatic carbocycles. The molecule has 2 aromatic heterocycles. The van der Waals surface area contributed by atoms with Crippen molar-refractivity contribution in [3.8, 4) is 23.0 Å². The number of benzene rings is 2. The lowest BCUT2D eigenvalue weighted by Gasteiger charge is -2.26. The minimum atomic E-state index is -0.357. The molecule has 0 spiro atoms. The van der Waals surface area contributed by atoms with Gasteiger partial charge in [-0.1, -0.05) is 6.07 Å². The fourth-order valence-electron chi connectivity index (χ4n) is 4.21. The third-order valence-corrected chi connectivity index (χ3v) is 5.96. The first-order valence-corrected chi connectivity index (χ1v) is 11.3. The molecule has 4 aromatic rings. The number of carbonyl (C=O) groups is 2. The molecule has 0 bridgehead atoms. The number of anilines is 1. The van der Waals surface area contributed by atoms with Crippen molar-refractivity contribution in [2.75, 3.05) is 44.8 Å². The first kappa shape index (κ1) is 21.2. The summed E-state index contributed by atoms with van der Waals surface area (Å²) in [6.07, 6.45) is 1.51. The van der Waals surface area contributed by atoms with Crippen molar-refractivity contribution in [1.29, 1.82) is 0 Å². The number of hydrogen-bond acceptors (Lipinski definition) is 7. The first-order chi connectivity index (χ1) is 17.2. The van der Waals surface area contributed by atoms with Gasteiger partial charge in [0.1, 0.15) is 18.9 Å². The number of amides is 2. The smallest absolute Gasteiger partial charge is 0.259 e. The predicted octanol–water partition coefficient (Wildman–Crippen LogP) is 2.45. The molecule has 0 saturated carbocycles. The van der Waals surface area contributed by atoms with E-state index in [9.17, 15) is 9.59 Å². The summed E-state index contributed by atoms with van der Waals surface area (Å²) in [5, 5.41) is 9.84. The molecular formula is C24H22N6O5. The van der Waals surface area contributed by atoms with Crippen LogP contribution in [-0.4, -0.2) is 76.4 Å². The molecule has 0 atom stereocenters. The number of para-hydroxylation sites is 1. The Bertz CT molecular complexity index is 1420. The summed E-state index contributed by atoms with van der Waals surface area (Å²) in [7, 11) is 0. The Morgan fingerprint density at radius 3 is 2.77 bits per heavy atom. The number of H-pyrrole nitrogens is 2. The lowest BCUT2D eigenvalue weighted by Crippen LogP contribution is -2.40. The molecule has 6 rings (SSSR count). The summed E-state index contributed by atoms with van der Waals surface area (Å²) < 4.78 is 16.6. The standard InChI is InChI=1S/C24H22N6O5/c31-23(15-2-1-3-19-21(15)35-11-10-34-19)28-18-13-25-29-20(18)22-26-16-5-4-14(12-17(16)27-22)24(32)30-6-8-33-9-7-30/h1-5,12-13H,6-11H2,(H,25,29)(H,26,27)(H,28,31). The Morgan fingerprint density at radius 1 is 1.03 bits per heavy atom. The summed E-state index contributed by atoms with van der Waals surface area (Å²) in [4.78, 5) is 35.5. The molecule has 35 heavy (non-hydrogen) atoms. The number of morpholine rings is 1. The number of aromatic amines is 2. The van der Waals surface area contributed by atoms with Gasteiger partial charge in [0.05, 0.1) is 41.7 Å². The van der Waals surface area contributed by atoms with Crippen molar-refractivity contribution in [2.45, 2.75) is 0 Å². The van der Waals surface area contributed by atoms with Gasteiger partial charge < -0.3 is 29.4 Å². The number of imidazole rings is 1. The van der Waals surface area contributed by atoms with Crippen LogP contribution in [-0.2, 0) is 4.74 Å². The number of nitrogens with zero attached hydrogens (tertiary/aromatic N) is 3. The Morgan fingerprint density at radius 2 is 1.89 bits per heavy atom. The van der Waals surface area contributed by atoms with Gasteiger partial charge in [-0.3, -0.25) is 14.7 Å². The van der Waals surface area contributed by atoms with E-state index in [1.807, 2.05) is 0 Å². The summed E-state index contributed by atoms with van der Waals surface area (Å²) in [5.41, 5.74) is 3.29. The highest BCUT2D eigenvalue weighted by molar-refractivity contribution is 6.08. The molecule has 2 amide bonds. The van der Waals surface area contributed by atoms with Crippen LogP contribution in [0.4, 0.5) is 5.69 Å². The zero-order valence-corrected chi connectivity index (χ0v) is 18.7. The van der Waals surface area contributed by atoms with Crippen molar-refractivity contribution in [3.63, 3.8) is 0 Å². The van der Waals surface area contributed by atoms with Gasteiger partial charge in [-0.2, -0.15) is 5.10 Å². The van der Waals surface area contributed by atoms with Crippen LogP contribution in [0.3, 0.4) is 0 Å². The van der Waals surface area contributed by atoms with Crippen molar-refractivity contribution >= 4 is 28.5 Å². The number of aromatic nitrogens is 4. The molecule has 1 saturated heterocycles. The fourth-order valence-corrected chi connectivity index (χ4v) is 4.21. The summed E-state index contributed by atoms with van der Waals surface area (Å²) >= 11 is 0. The number of fused-ring (bicyclic) bond motifs is 2. The van der Waals surface area contributed by atoms with Crippen LogP contribution in [0.25, 0.3) is 22.6 Å². The van der Waals surface area contributed by atoms with E-state index < -0.39 is 0 Å². The molecule has 2 aliphatic rings. The lowest BCUT2D eigenvalue weighted by atomic mass is 10.1. The van der Waals surface area contributed by atoms with E-state index >= 15 is 0 Å². The second-order valence-corrected chi connectivity index (χ2v) is 8.16. The second-order valence-electron chi connectivity index (χ2n) is 8.16. The van der Waals surface area contributed by atoms with E-state index in [-0.39, 0.29) is 11.8 Å². The Balaban J connectivity index is 1.26. The van der Waals surface area contributed by atoms with Crippen LogP contribution in [0.5, 0.6) is 11.5 Å². The van der Waals surface area contributed by atoms with Crippen molar-refractivity contribution in [1.82, 2.24) is 25.1 Å². The molecule has 4 heterocycles. The maximum atomic E-state index is 13.0. The van der Waals surface area contributed by atoms with Gasteiger partial charge in [-0.05, 0) is 30.3 Å². The SMILES string of the molecule is O=C(Nc1cn[nH]c1-c1nc2ccc(C(=O)N3CCOCC3)cc2[nH]1)c1cccc2c1OCCO2. The summed E-state index contributed by atoms with van der Waals surface area (Å²) in [5.74, 6) is 1.04. The van der Waals surface area contributed by atoms with Gasteiger partial charge in [0.15, 0.2) is 17.3 Å². The molecule has 3 N–H and O–H groups in total. The molecule has 2 aliphatic heterocycles. The first-order valence-electron chi connectivity index (χ1n) is 11.3. The molecule has 0 unspecified atom stereocenters. The number of ether oxygens (including phenoxy) is 3. The van der Waals surface area contributed by atoms with Gasteiger partial charge >= 0.3 is 0 Å². The highest BCUT2D eigenvalue weighted by Gasteiger charge is 2.23. The maximum Gasteiger partial charge on any atom is 0.259 e. The molecule has 1 fully saturated rings. The van der Waals surface area contributed by atoms with Crippen LogP contribution in [0.15, 0.2) is 42.6 Å². The van der Waals surface area contributed by atoms with E-state index in [4.69, 9.17) is 14.2 Å². The minimum absolute atomic E-state index is 0.0433. The second kappa shape index (κ2) is 8.76. The zero-order chi connectivity index (χ0) is 23.8. The van der Waals surface area contributed by atoms with Crippen LogP contribution >= 0.6 is 0 Å². The van der Waals surface area contributed by atoms with E-state index in [1.165, 1.54) is 6.20 Å². The molecule has 178 valence electrons. The van der Waals surface area contributed by atoms with Gasteiger partial charge in [0.25, 0.3) is 11.8 Å². The van der Waals surface area contributed by atoms with E-state index in [1.54, 1.807) is 41.3 Å². The monoisotopic (exact) mass is 474 g/mol. The van der Waals surface area contributed by atoms with Crippen molar-refractivity contribution in [3.05, 3.63) is 53.7 Å². The van der Waals surface area contributed by atoms with Gasteiger partial charge in [0.2, 0.25) is 0 Å². The average Bonchev–Trinajstić information content (AvgIpc) is 3.54. The molecule has 11 heteroatoms. The van der Waals surface area contributed by atoms with Crippen LogP contribution < -0.4 is 14.8 Å². The predicted molar refractivity (Wildman–Crippen MR) is 126 cm³/mol. The van der Waals surface area contributed by atoms with E-state index in [0.717, 1.165) is 0 Å². The number of nitrogens with one attached hydrogen (secondary N) is 3. The van der Waals surface area contributed by atoms with Crippen molar-refractivity contribution < 1.29 is 23.8 Å². The quantitative estimate of drug-likeness (QED) is 0.414. The Labute approximate surface area is 199 Å². The fraction of sp³-hybridized carbons (Fsp3) is 0.250. The van der Waals surface area contributed by atoms with E-state index in [0.29, 0.717) is 90.4 Å². The van der Waals surface area contributed by atoms with Gasteiger partial charge in [-0.15, -0.1) is 0 Å². The third kappa shape index (κ3) is 3.95. The van der Waals surface area contributed by atoms with E-state index in [2.05, 4.69) is 25.5 Å². The van der Waals surface area contributed by atoms with Crippen molar-refractivity contribution in [2.24, 2.45) is 0 Å². The number of rotatable bonds is 4. The maximum absolute atomic E-state index is 13.0. The zero-order valence-electron chi connectivity index (χ0n) is 18.7. The topological polar surface area (TPSA) is 134 Å². The lowest BCUT2D eigenvalue weighted by molar-refractivity contribution is 0.0303.